The summed E-state index contributed by atoms with van der Waals surface area (Å²) in [5, 5.41) is 8.94. The van der Waals surface area contributed by atoms with Gasteiger partial charge in [0.25, 0.3) is 0 Å². The minimum Gasteiger partial charge on any atom is -0.459 e. The van der Waals surface area contributed by atoms with Gasteiger partial charge in [-0.15, -0.1) is 0 Å². The van der Waals surface area contributed by atoms with E-state index in [9.17, 15) is 4.79 Å². The Bertz CT molecular complexity index is 804. The summed E-state index contributed by atoms with van der Waals surface area (Å²) in [6.45, 7) is 4.17. The smallest absolute Gasteiger partial charge is 0.338 e. The topological polar surface area (TPSA) is 98.5 Å². The third-order valence-electron chi connectivity index (χ3n) is 4.45. The Hall–Kier alpha value is -2.78. The number of benzene rings is 1. The van der Waals surface area contributed by atoms with Crippen LogP contribution in [0.3, 0.4) is 0 Å². The van der Waals surface area contributed by atoms with Crippen LogP contribution in [-0.2, 0) is 9.47 Å². The molecule has 1 aliphatic heterocycles. The van der Waals surface area contributed by atoms with E-state index in [0.717, 1.165) is 12.0 Å². The van der Waals surface area contributed by atoms with Crippen molar-refractivity contribution < 1.29 is 18.7 Å². The lowest BCUT2D eigenvalue weighted by Gasteiger charge is -2.15. The molecule has 1 aromatic heterocycles. The average molecular weight is 340 g/mol. The average Bonchev–Trinajstić information content (AvgIpc) is 3.15. The summed E-state index contributed by atoms with van der Waals surface area (Å²) in [6, 6.07) is 9.14. The summed E-state index contributed by atoms with van der Waals surface area (Å²) in [4.78, 5) is 12.1. The second kappa shape index (κ2) is 6.99. The molecule has 0 bridgehead atoms. The molecule has 1 saturated heterocycles. The number of ether oxygens (including phenoxy) is 2. The van der Waals surface area contributed by atoms with Gasteiger partial charge in [0.15, 0.2) is 0 Å². The molecule has 1 fully saturated rings. The van der Waals surface area contributed by atoms with Gasteiger partial charge in [-0.2, -0.15) is 5.26 Å². The highest BCUT2D eigenvalue weighted by Crippen LogP contribution is 2.41. The van der Waals surface area contributed by atoms with Crippen LogP contribution in [0.15, 0.2) is 34.9 Å². The van der Waals surface area contributed by atoms with E-state index in [2.05, 4.69) is 0 Å². The van der Waals surface area contributed by atoms with Crippen molar-refractivity contribution in [2.75, 3.05) is 12.3 Å². The maximum Gasteiger partial charge on any atom is 0.338 e. The molecule has 2 aromatic rings. The summed E-state index contributed by atoms with van der Waals surface area (Å²) in [5.41, 5.74) is 8.53. The van der Waals surface area contributed by atoms with Crippen LogP contribution < -0.4 is 5.73 Å². The molecular weight excluding hydrogens is 320 g/mol. The van der Waals surface area contributed by atoms with E-state index >= 15 is 0 Å². The fourth-order valence-corrected chi connectivity index (χ4v) is 3.05. The van der Waals surface area contributed by atoms with E-state index in [1.165, 1.54) is 6.26 Å². The molecule has 25 heavy (non-hydrogen) atoms. The third kappa shape index (κ3) is 3.52. The predicted octanol–water partition coefficient (Wildman–Crippen LogP) is 3.37. The molecule has 3 rings (SSSR count). The highest BCUT2D eigenvalue weighted by atomic mass is 16.6. The van der Waals surface area contributed by atoms with Gasteiger partial charge >= 0.3 is 5.97 Å². The van der Waals surface area contributed by atoms with Crippen LogP contribution in [0.1, 0.15) is 46.7 Å². The van der Waals surface area contributed by atoms with Gasteiger partial charge < -0.3 is 19.6 Å². The lowest BCUT2D eigenvalue weighted by molar-refractivity contribution is -0.0115. The standard InChI is InChI=1S/C19H20N2O4/c1-11-3-5-13(6-4-11)19(22)24-9-14-7-12(2)18(25-14)15-10-23-16(8-20)17(15)21/h3-6,10,12,14,18H,7,9,21H2,1-2H3/t12?,14-,18+/m0/s1. The number of esters is 1. The van der Waals surface area contributed by atoms with Crippen LogP contribution in [0.4, 0.5) is 5.69 Å². The predicted molar refractivity (Wildman–Crippen MR) is 90.7 cm³/mol. The van der Waals surface area contributed by atoms with E-state index < -0.39 is 0 Å². The number of anilines is 1. The molecule has 1 aliphatic rings. The summed E-state index contributed by atoms with van der Waals surface area (Å²) < 4.78 is 16.5. The number of nitrogen functional groups attached to an aromatic ring is 1. The largest absolute Gasteiger partial charge is 0.459 e. The number of furan rings is 1. The summed E-state index contributed by atoms with van der Waals surface area (Å²) in [5.74, 6) is -0.0936. The summed E-state index contributed by atoms with van der Waals surface area (Å²) >= 11 is 0. The van der Waals surface area contributed by atoms with Crippen molar-refractivity contribution in [3.63, 3.8) is 0 Å². The highest BCUT2D eigenvalue weighted by molar-refractivity contribution is 5.89. The highest BCUT2D eigenvalue weighted by Gasteiger charge is 2.36. The van der Waals surface area contributed by atoms with Crippen molar-refractivity contribution in [2.24, 2.45) is 5.92 Å². The minimum atomic E-state index is -0.366. The van der Waals surface area contributed by atoms with Gasteiger partial charge in [0.05, 0.1) is 23.5 Å². The molecule has 1 unspecified atom stereocenters. The number of hydrogen-bond donors (Lipinski definition) is 1. The van der Waals surface area contributed by atoms with Gasteiger partial charge in [-0.1, -0.05) is 24.6 Å². The SMILES string of the molecule is Cc1ccc(C(=O)OC[C@@H]2CC(C)[C@H](c3coc(C#N)c3N)O2)cc1. The van der Waals surface area contributed by atoms with Crippen LogP contribution in [0.25, 0.3) is 0 Å². The molecule has 6 nitrogen and oxygen atoms in total. The van der Waals surface area contributed by atoms with E-state index in [1.54, 1.807) is 12.1 Å². The maximum atomic E-state index is 12.1. The third-order valence-corrected chi connectivity index (χ3v) is 4.45. The fourth-order valence-electron chi connectivity index (χ4n) is 3.05. The van der Waals surface area contributed by atoms with Crippen molar-refractivity contribution in [1.29, 1.82) is 5.26 Å². The zero-order valence-corrected chi connectivity index (χ0v) is 14.2. The molecule has 0 spiro atoms. The number of nitrogens with two attached hydrogens (primary N) is 1. The van der Waals surface area contributed by atoms with E-state index in [0.29, 0.717) is 16.8 Å². The van der Waals surface area contributed by atoms with Crippen LogP contribution in [0.5, 0.6) is 0 Å². The first-order valence-corrected chi connectivity index (χ1v) is 8.15. The van der Waals surface area contributed by atoms with Crippen molar-refractivity contribution >= 4 is 11.7 Å². The number of hydrogen-bond acceptors (Lipinski definition) is 6. The molecular formula is C19H20N2O4. The van der Waals surface area contributed by atoms with Crippen molar-refractivity contribution in [3.05, 3.63) is 53.0 Å². The lowest BCUT2D eigenvalue weighted by atomic mass is 9.97. The molecule has 1 aromatic carbocycles. The van der Waals surface area contributed by atoms with Crippen molar-refractivity contribution in [2.45, 2.75) is 32.5 Å². The van der Waals surface area contributed by atoms with Crippen molar-refractivity contribution in [3.8, 4) is 6.07 Å². The lowest BCUT2D eigenvalue weighted by Crippen LogP contribution is -2.18. The molecule has 0 saturated carbocycles. The number of nitrogens with zero attached hydrogens (tertiary/aromatic N) is 1. The Labute approximate surface area is 146 Å². The van der Waals surface area contributed by atoms with Crippen LogP contribution in [0.2, 0.25) is 0 Å². The molecule has 6 heteroatoms. The maximum absolute atomic E-state index is 12.1. The second-order valence-corrected chi connectivity index (χ2v) is 6.40. The first-order valence-electron chi connectivity index (χ1n) is 8.15. The Morgan fingerprint density at radius 1 is 1.40 bits per heavy atom. The Morgan fingerprint density at radius 2 is 2.12 bits per heavy atom. The Morgan fingerprint density at radius 3 is 2.76 bits per heavy atom. The molecule has 0 radical (unpaired) electrons. The quantitative estimate of drug-likeness (QED) is 0.857. The number of carbonyl (C=O) groups is 1. The van der Waals surface area contributed by atoms with E-state index in [-0.39, 0.29) is 36.5 Å². The number of aryl methyl sites for hydroxylation is 1. The van der Waals surface area contributed by atoms with E-state index in [1.807, 2.05) is 32.0 Å². The van der Waals surface area contributed by atoms with Gasteiger partial charge in [-0.25, -0.2) is 4.79 Å². The zero-order chi connectivity index (χ0) is 18.0. The van der Waals surface area contributed by atoms with Crippen LogP contribution in [0, 0.1) is 24.2 Å². The van der Waals surface area contributed by atoms with Gasteiger partial charge in [0.1, 0.15) is 18.9 Å². The summed E-state index contributed by atoms with van der Waals surface area (Å²) in [7, 11) is 0. The number of nitriles is 1. The van der Waals surface area contributed by atoms with Gasteiger partial charge in [0, 0.05) is 5.56 Å². The molecule has 2 heterocycles. The molecule has 130 valence electrons. The zero-order valence-electron chi connectivity index (χ0n) is 14.2. The van der Waals surface area contributed by atoms with Crippen LogP contribution in [-0.4, -0.2) is 18.7 Å². The fraction of sp³-hybridized carbons (Fsp3) is 0.368. The molecule has 2 N–H and O–H groups in total. The first-order chi connectivity index (χ1) is 12.0. The van der Waals surface area contributed by atoms with Crippen molar-refractivity contribution in [1.82, 2.24) is 0 Å². The molecule has 0 amide bonds. The monoisotopic (exact) mass is 340 g/mol. The minimum absolute atomic E-state index is 0.0973. The first kappa shape index (κ1) is 17.1. The van der Waals surface area contributed by atoms with E-state index in [4.69, 9.17) is 24.9 Å². The molecule has 3 atom stereocenters. The molecule has 0 aliphatic carbocycles. The number of rotatable bonds is 4. The van der Waals surface area contributed by atoms with Gasteiger partial charge in [-0.3, -0.25) is 0 Å². The number of carbonyl (C=O) groups excluding carboxylic acids is 1. The van der Waals surface area contributed by atoms with Gasteiger partial charge in [-0.05, 0) is 31.4 Å². The Balaban J connectivity index is 1.60. The van der Waals surface area contributed by atoms with Gasteiger partial charge in [0.2, 0.25) is 5.76 Å². The summed E-state index contributed by atoms with van der Waals surface area (Å²) in [6.07, 6.45) is 1.72. The van der Waals surface area contributed by atoms with Crippen LogP contribution >= 0.6 is 0 Å². The normalized spacial score (nSPS) is 22.5. The second-order valence-electron chi connectivity index (χ2n) is 6.40. The Kier molecular flexibility index (Phi) is 4.77.